The number of hydrogen-bond donors (Lipinski definition) is 1. The Balaban J connectivity index is 1.65. The molecule has 164 valence electrons. The van der Waals surface area contributed by atoms with Gasteiger partial charge in [-0.2, -0.15) is 4.80 Å². The summed E-state index contributed by atoms with van der Waals surface area (Å²) in [6, 6.07) is 17.8. The second-order valence-corrected chi connectivity index (χ2v) is 8.11. The average molecular weight is 428 g/mol. The maximum atomic E-state index is 12.7. The number of amides is 1. The van der Waals surface area contributed by atoms with Gasteiger partial charge in [-0.3, -0.25) is 4.79 Å². The van der Waals surface area contributed by atoms with Gasteiger partial charge in [-0.05, 0) is 88.2 Å². The second kappa shape index (κ2) is 8.83. The molecule has 3 aromatic carbocycles. The Hall–Kier alpha value is -3.67. The molecule has 1 amide bonds. The summed E-state index contributed by atoms with van der Waals surface area (Å²) < 4.78 is 0. The van der Waals surface area contributed by atoms with Gasteiger partial charge in [0.05, 0.1) is 5.69 Å². The summed E-state index contributed by atoms with van der Waals surface area (Å²) in [6.45, 7) is 12.3. The highest BCUT2D eigenvalue weighted by atomic mass is 16.1. The van der Waals surface area contributed by atoms with Crippen LogP contribution in [0.2, 0.25) is 0 Å². The first-order chi connectivity index (χ1) is 15.4. The zero-order valence-electron chi connectivity index (χ0n) is 19.3. The van der Waals surface area contributed by atoms with Crippen LogP contribution in [-0.4, -0.2) is 34.0 Å². The van der Waals surface area contributed by atoms with E-state index in [0.717, 1.165) is 52.2 Å². The highest BCUT2D eigenvalue weighted by Gasteiger charge is 2.13. The fourth-order valence-electron chi connectivity index (χ4n) is 3.94. The van der Waals surface area contributed by atoms with Gasteiger partial charge < -0.3 is 10.2 Å². The maximum Gasteiger partial charge on any atom is 0.255 e. The summed E-state index contributed by atoms with van der Waals surface area (Å²) in [5.74, 6) is -0.133. The third-order valence-electron chi connectivity index (χ3n) is 5.78. The molecule has 1 heterocycles. The van der Waals surface area contributed by atoms with Gasteiger partial charge in [-0.1, -0.05) is 17.7 Å². The minimum absolute atomic E-state index is 0.133. The zero-order chi connectivity index (χ0) is 22.8. The van der Waals surface area contributed by atoms with E-state index in [1.54, 1.807) is 4.80 Å². The van der Waals surface area contributed by atoms with Gasteiger partial charge in [0.25, 0.3) is 5.91 Å². The van der Waals surface area contributed by atoms with Crippen molar-refractivity contribution >= 4 is 28.3 Å². The molecule has 32 heavy (non-hydrogen) atoms. The molecule has 4 rings (SSSR count). The first-order valence-corrected chi connectivity index (χ1v) is 11.0. The smallest absolute Gasteiger partial charge is 0.255 e. The summed E-state index contributed by atoms with van der Waals surface area (Å²) in [6.07, 6.45) is 0. The Morgan fingerprint density at radius 1 is 0.906 bits per heavy atom. The summed E-state index contributed by atoms with van der Waals surface area (Å²) in [5.41, 5.74) is 8.16. The van der Waals surface area contributed by atoms with Crippen LogP contribution in [0.5, 0.6) is 0 Å². The van der Waals surface area contributed by atoms with Gasteiger partial charge in [-0.15, -0.1) is 10.2 Å². The minimum atomic E-state index is -0.133. The number of rotatable bonds is 6. The molecule has 0 saturated carbocycles. The molecule has 0 atom stereocenters. The highest BCUT2D eigenvalue weighted by Crippen LogP contribution is 2.25. The molecule has 6 heteroatoms. The Bertz CT molecular complexity index is 1290. The van der Waals surface area contributed by atoms with Crippen molar-refractivity contribution in [3.05, 3.63) is 76.9 Å². The predicted molar refractivity (Wildman–Crippen MR) is 131 cm³/mol. The number of nitrogens with one attached hydrogen (secondary N) is 1. The quantitative estimate of drug-likeness (QED) is 0.445. The number of carbonyl (C=O) groups is 1. The highest BCUT2D eigenvalue weighted by molar-refractivity contribution is 6.05. The number of benzene rings is 3. The van der Waals surface area contributed by atoms with Crippen molar-refractivity contribution in [3.8, 4) is 5.69 Å². The van der Waals surface area contributed by atoms with E-state index in [2.05, 4.69) is 54.3 Å². The lowest BCUT2D eigenvalue weighted by Gasteiger charge is -2.22. The Labute approximate surface area is 188 Å². The monoisotopic (exact) mass is 427 g/mol. The molecular weight excluding hydrogens is 398 g/mol. The van der Waals surface area contributed by atoms with Gasteiger partial charge in [0.1, 0.15) is 11.0 Å². The van der Waals surface area contributed by atoms with Crippen LogP contribution < -0.4 is 10.2 Å². The number of carbonyl (C=O) groups excluding carboxylic acids is 1. The Kier molecular flexibility index (Phi) is 5.95. The zero-order valence-corrected chi connectivity index (χ0v) is 19.3. The van der Waals surface area contributed by atoms with E-state index in [1.165, 1.54) is 5.69 Å². The molecule has 4 aromatic rings. The molecule has 0 aliphatic carbocycles. The number of fused-ring (bicyclic) bond motifs is 1. The van der Waals surface area contributed by atoms with E-state index in [9.17, 15) is 4.79 Å². The van der Waals surface area contributed by atoms with Gasteiger partial charge >= 0.3 is 0 Å². The lowest BCUT2D eigenvalue weighted by Crippen LogP contribution is -2.21. The van der Waals surface area contributed by atoms with Crippen molar-refractivity contribution in [2.75, 3.05) is 23.3 Å². The van der Waals surface area contributed by atoms with Crippen LogP contribution in [0.3, 0.4) is 0 Å². The molecule has 0 radical (unpaired) electrons. The molecule has 6 nitrogen and oxygen atoms in total. The summed E-state index contributed by atoms with van der Waals surface area (Å²) >= 11 is 0. The van der Waals surface area contributed by atoms with Crippen molar-refractivity contribution < 1.29 is 4.79 Å². The van der Waals surface area contributed by atoms with E-state index in [1.807, 2.05) is 50.2 Å². The van der Waals surface area contributed by atoms with Gasteiger partial charge in [-0.25, -0.2) is 0 Å². The van der Waals surface area contributed by atoms with Crippen molar-refractivity contribution in [2.24, 2.45) is 0 Å². The van der Waals surface area contributed by atoms with E-state index in [4.69, 9.17) is 5.10 Å². The molecule has 0 aliphatic heterocycles. The van der Waals surface area contributed by atoms with Crippen molar-refractivity contribution in [1.29, 1.82) is 0 Å². The SMILES string of the molecule is CCN(CC)c1ccc(-n2nc3cc(C)c(NC(=O)c4cccc(C)c4)cc3n2)c(C)c1. The first kappa shape index (κ1) is 21.6. The fourth-order valence-corrected chi connectivity index (χ4v) is 3.94. The van der Waals surface area contributed by atoms with E-state index >= 15 is 0 Å². The van der Waals surface area contributed by atoms with Gasteiger partial charge in [0.2, 0.25) is 0 Å². The maximum absolute atomic E-state index is 12.7. The molecule has 0 spiro atoms. The topological polar surface area (TPSA) is 63.1 Å². The summed E-state index contributed by atoms with van der Waals surface area (Å²) in [5, 5.41) is 12.4. The van der Waals surface area contributed by atoms with Crippen LogP contribution in [0.15, 0.2) is 54.6 Å². The molecule has 1 aromatic heterocycles. The Morgan fingerprint density at radius 2 is 1.62 bits per heavy atom. The molecule has 0 bridgehead atoms. The normalized spacial score (nSPS) is 11.0. The van der Waals surface area contributed by atoms with Gasteiger partial charge in [0, 0.05) is 30.0 Å². The molecule has 0 aliphatic rings. The number of aryl methyl sites for hydroxylation is 3. The summed E-state index contributed by atoms with van der Waals surface area (Å²) in [4.78, 5) is 16.7. The molecular formula is C26H29N5O. The van der Waals surface area contributed by atoms with Crippen LogP contribution in [0.1, 0.15) is 40.9 Å². The number of anilines is 2. The largest absolute Gasteiger partial charge is 0.372 e. The third-order valence-corrected chi connectivity index (χ3v) is 5.78. The first-order valence-electron chi connectivity index (χ1n) is 11.0. The van der Waals surface area contributed by atoms with Crippen molar-refractivity contribution in [3.63, 3.8) is 0 Å². The third kappa shape index (κ3) is 4.21. The van der Waals surface area contributed by atoms with E-state index in [0.29, 0.717) is 5.56 Å². The molecule has 1 N–H and O–H groups in total. The summed E-state index contributed by atoms with van der Waals surface area (Å²) in [7, 11) is 0. The molecule has 0 saturated heterocycles. The fraction of sp³-hybridized carbons (Fsp3) is 0.269. The van der Waals surface area contributed by atoms with Crippen LogP contribution in [0.4, 0.5) is 11.4 Å². The van der Waals surface area contributed by atoms with Crippen molar-refractivity contribution in [1.82, 2.24) is 15.0 Å². The number of nitrogens with zero attached hydrogens (tertiary/aromatic N) is 4. The number of aromatic nitrogens is 3. The lowest BCUT2D eigenvalue weighted by atomic mass is 10.1. The predicted octanol–water partition coefficient (Wildman–Crippen LogP) is 5.44. The van der Waals surface area contributed by atoms with Crippen LogP contribution in [0, 0.1) is 20.8 Å². The van der Waals surface area contributed by atoms with Crippen LogP contribution >= 0.6 is 0 Å². The van der Waals surface area contributed by atoms with Crippen molar-refractivity contribution in [2.45, 2.75) is 34.6 Å². The average Bonchev–Trinajstić information content (AvgIpc) is 3.17. The lowest BCUT2D eigenvalue weighted by molar-refractivity contribution is 0.102. The molecule has 0 fully saturated rings. The standard InChI is InChI=1S/C26H29N5O/c1-6-30(7-2)21-11-12-25(19(5)14-21)31-28-23-15-18(4)22(16-24(23)29-31)27-26(32)20-10-8-9-17(3)13-20/h8-16H,6-7H2,1-5H3,(H,27,32). The molecule has 0 unspecified atom stereocenters. The van der Waals surface area contributed by atoms with E-state index < -0.39 is 0 Å². The van der Waals surface area contributed by atoms with E-state index in [-0.39, 0.29) is 5.91 Å². The Morgan fingerprint density at radius 3 is 2.28 bits per heavy atom. The van der Waals surface area contributed by atoms with Gasteiger partial charge in [0.15, 0.2) is 0 Å². The second-order valence-electron chi connectivity index (χ2n) is 8.11. The van der Waals surface area contributed by atoms with Crippen LogP contribution in [-0.2, 0) is 0 Å². The van der Waals surface area contributed by atoms with Crippen LogP contribution in [0.25, 0.3) is 16.7 Å². The number of hydrogen-bond acceptors (Lipinski definition) is 4. The minimum Gasteiger partial charge on any atom is -0.372 e.